The van der Waals surface area contributed by atoms with Gasteiger partial charge in [-0.15, -0.1) is 10.2 Å². The Morgan fingerprint density at radius 3 is 2.83 bits per heavy atom. The maximum absolute atomic E-state index is 6.02. The SMILES string of the molecule is Clc1ccc2c(c1)-n1nnnc1-c1nnnn1C2. The summed E-state index contributed by atoms with van der Waals surface area (Å²) in [7, 11) is 0. The number of aromatic nitrogens is 8. The highest BCUT2D eigenvalue weighted by Gasteiger charge is 2.24. The summed E-state index contributed by atoms with van der Waals surface area (Å²) >= 11 is 6.02. The summed E-state index contributed by atoms with van der Waals surface area (Å²) in [5.74, 6) is 1.04. The number of fused-ring (bicyclic) bond motifs is 5. The van der Waals surface area contributed by atoms with Crippen LogP contribution in [0.3, 0.4) is 0 Å². The Kier molecular flexibility index (Phi) is 1.78. The minimum Gasteiger partial charge on any atom is -0.218 e. The number of halogens is 1. The van der Waals surface area contributed by atoms with Crippen LogP contribution in [0.1, 0.15) is 5.56 Å². The molecule has 4 rings (SSSR count). The van der Waals surface area contributed by atoms with Crippen molar-refractivity contribution in [1.29, 1.82) is 0 Å². The normalized spacial score (nSPS) is 12.5. The third-order valence-corrected chi connectivity index (χ3v) is 3.03. The van der Waals surface area contributed by atoms with E-state index >= 15 is 0 Å². The minimum atomic E-state index is 0.501. The van der Waals surface area contributed by atoms with Gasteiger partial charge in [0.05, 0.1) is 12.2 Å². The van der Waals surface area contributed by atoms with Gasteiger partial charge in [0.1, 0.15) is 0 Å². The van der Waals surface area contributed by atoms with Crippen LogP contribution < -0.4 is 0 Å². The van der Waals surface area contributed by atoms with Crippen LogP contribution in [-0.2, 0) is 6.54 Å². The van der Waals surface area contributed by atoms with E-state index in [1.165, 1.54) is 0 Å². The fraction of sp³-hybridized carbons (Fsp3) is 0.111. The van der Waals surface area contributed by atoms with Crippen LogP contribution in [0.5, 0.6) is 0 Å². The molecule has 0 spiro atoms. The number of nitrogens with zero attached hydrogens (tertiary/aromatic N) is 8. The molecule has 18 heavy (non-hydrogen) atoms. The molecule has 1 aliphatic rings. The molecular formula is C9H5ClN8. The van der Waals surface area contributed by atoms with Gasteiger partial charge in [-0.3, -0.25) is 0 Å². The Bertz CT molecular complexity index is 745. The van der Waals surface area contributed by atoms with Gasteiger partial charge in [-0.1, -0.05) is 17.7 Å². The highest BCUT2D eigenvalue weighted by molar-refractivity contribution is 6.30. The lowest BCUT2D eigenvalue weighted by atomic mass is 10.2. The van der Waals surface area contributed by atoms with Crippen molar-refractivity contribution in [3.8, 4) is 17.3 Å². The summed E-state index contributed by atoms with van der Waals surface area (Å²) in [6.07, 6.45) is 0. The van der Waals surface area contributed by atoms with E-state index in [2.05, 4.69) is 31.1 Å². The molecule has 88 valence electrons. The molecule has 9 heteroatoms. The molecule has 8 nitrogen and oxygen atoms in total. The largest absolute Gasteiger partial charge is 0.226 e. The van der Waals surface area contributed by atoms with Crippen molar-refractivity contribution in [3.05, 3.63) is 28.8 Å². The summed E-state index contributed by atoms with van der Waals surface area (Å²) in [4.78, 5) is 0. The molecule has 0 aliphatic carbocycles. The molecule has 0 fully saturated rings. The second-order valence-corrected chi connectivity index (χ2v) is 4.28. The third-order valence-electron chi connectivity index (χ3n) is 2.80. The number of hydrogen-bond acceptors (Lipinski definition) is 6. The lowest BCUT2D eigenvalue weighted by Gasteiger charge is -2.06. The minimum absolute atomic E-state index is 0.501. The highest BCUT2D eigenvalue weighted by Crippen LogP contribution is 2.27. The summed E-state index contributed by atoms with van der Waals surface area (Å²) in [6, 6.07) is 5.55. The molecule has 0 radical (unpaired) electrons. The van der Waals surface area contributed by atoms with Gasteiger partial charge in [0.25, 0.3) is 0 Å². The molecular weight excluding hydrogens is 256 g/mol. The van der Waals surface area contributed by atoms with Gasteiger partial charge < -0.3 is 0 Å². The standard InChI is InChI=1S/C9H5ClN8/c10-6-2-1-5-4-17-8(11-13-15-17)9-12-14-16-18(9)7(5)3-6/h1-3H,4H2. The number of hydrogen-bond donors (Lipinski definition) is 0. The van der Waals surface area contributed by atoms with E-state index in [-0.39, 0.29) is 0 Å². The van der Waals surface area contributed by atoms with Crippen LogP contribution in [0.15, 0.2) is 18.2 Å². The molecule has 0 atom stereocenters. The van der Waals surface area contributed by atoms with Crippen molar-refractivity contribution in [2.45, 2.75) is 6.54 Å². The van der Waals surface area contributed by atoms with Crippen molar-refractivity contribution in [1.82, 2.24) is 40.4 Å². The van der Waals surface area contributed by atoms with Crippen molar-refractivity contribution < 1.29 is 0 Å². The first-order valence-corrected chi connectivity index (χ1v) is 5.54. The van der Waals surface area contributed by atoms with E-state index in [9.17, 15) is 0 Å². The lowest BCUT2D eigenvalue weighted by molar-refractivity contribution is 0.653. The molecule has 0 saturated carbocycles. The molecule has 0 N–H and O–H groups in total. The van der Waals surface area contributed by atoms with E-state index < -0.39 is 0 Å². The average Bonchev–Trinajstić information content (AvgIpc) is 2.98. The molecule has 0 saturated heterocycles. The fourth-order valence-electron chi connectivity index (χ4n) is 1.99. The van der Waals surface area contributed by atoms with Crippen LogP contribution in [0.25, 0.3) is 17.3 Å². The van der Waals surface area contributed by atoms with Crippen LogP contribution in [0.2, 0.25) is 5.02 Å². The van der Waals surface area contributed by atoms with E-state index in [0.29, 0.717) is 23.2 Å². The predicted molar refractivity (Wildman–Crippen MR) is 60.1 cm³/mol. The van der Waals surface area contributed by atoms with E-state index in [0.717, 1.165) is 11.3 Å². The zero-order valence-electron chi connectivity index (χ0n) is 8.89. The Morgan fingerprint density at radius 1 is 1.06 bits per heavy atom. The summed E-state index contributed by atoms with van der Waals surface area (Å²) in [5, 5.41) is 23.7. The van der Waals surface area contributed by atoms with Crippen LogP contribution in [0.4, 0.5) is 0 Å². The lowest BCUT2D eigenvalue weighted by Crippen LogP contribution is -2.03. The van der Waals surface area contributed by atoms with E-state index in [1.54, 1.807) is 9.36 Å². The monoisotopic (exact) mass is 260 g/mol. The van der Waals surface area contributed by atoms with Crippen LogP contribution in [-0.4, -0.2) is 40.4 Å². The van der Waals surface area contributed by atoms with Crippen LogP contribution >= 0.6 is 11.6 Å². The molecule has 1 aromatic carbocycles. The van der Waals surface area contributed by atoms with Crippen LogP contribution in [0, 0.1) is 0 Å². The molecule has 0 bridgehead atoms. The first-order valence-electron chi connectivity index (χ1n) is 5.16. The molecule has 3 aromatic rings. The van der Waals surface area contributed by atoms with Gasteiger partial charge >= 0.3 is 0 Å². The smallest absolute Gasteiger partial charge is 0.218 e. The van der Waals surface area contributed by atoms with Gasteiger partial charge in [-0.2, -0.15) is 4.68 Å². The van der Waals surface area contributed by atoms with E-state index in [4.69, 9.17) is 11.6 Å². The maximum Gasteiger partial charge on any atom is 0.226 e. The van der Waals surface area contributed by atoms with Gasteiger partial charge in [0.2, 0.25) is 11.6 Å². The predicted octanol–water partition coefficient (Wildman–Crippen LogP) is 0.331. The van der Waals surface area contributed by atoms with Gasteiger partial charge in [0.15, 0.2) is 0 Å². The summed E-state index contributed by atoms with van der Waals surface area (Å²) in [6.45, 7) is 0.542. The molecule has 0 amide bonds. The summed E-state index contributed by atoms with van der Waals surface area (Å²) < 4.78 is 3.25. The maximum atomic E-state index is 6.02. The van der Waals surface area contributed by atoms with Gasteiger partial charge in [-0.25, -0.2) is 4.68 Å². The van der Waals surface area contributed by atoms with Gasteiger partial charge in [-0.05, 0) is 38.5 Å². The second-order valence-electron chi connectivity index (χ2n) is 3.85. The zero-order valence-corrected chi connectivity index (χ0v) is 9.65. The van der Waals surface area contributed by atoms with Crippen molar-refractivity contribution in [2.24, 2.45) is 0 Å². The number of rotatable bonds is 0. The fourth-order valence-corrected chi connectivity index (χ4v) is 2.16. The first-order chi connectivity index (χ1) is 8.83. The summed E-state index contributed by atoms with van der Waals surface area (Å²) in [5.41, 5.74) is 1.83. The second kappa shape index (κ2) is 3.33. The molecule has 1 aliphatic heterocycles. The molecule has 2 aromatic heterocycles. The molecule has 3 heterocycles. The Balaban J connectivity index is 2.10. The number of benzene rings is 1. The van der Waals surface area contributed by atoms with Crippen molar-refractivity contribution in [3.63, 3.8) is 0 Å². The Labute approximate surface area is 105 Å². The highest BCUT2D eigenvalue weighted by atomic mass is 35.5. The van der Waals surface area contributed by atoms with Gasteiger partial charge in [0, 0.05) is 5.02 Å². The van der Waals surface area contributed by atoms with E-state index in [1.807, 2.05) is 18.2 Å². The quantitative estimate of drug-likeness (QED) is 0.453. The van der Waals surface area contributed by atoms with Crippen molar-refractivity contribution >= 4 is 11.6 Å². The van der Waals surface area contributed by atoms with Crippen molar-refractivity contribution in [2.75, 3.05) is 0 Å². The topological polar surface area (TPSA) is 87.2 Å². The third kappa shape index (κ3) is 1.20. The first kappa shape index (κ1) is 9.66. The zero-order chi connectivity index (χ0) is 12.1. The number of tetrazole rings is 2. The average molecular weight is 261 g/mol. The molecule has 0 unspecified atom stereocenters. The Morgan fingerprint density at radius 2 is 1.89 bits per heavy atom. The Hall–Kier alpha value is -2.35.